The first-order chi connectivity index (χ1) is 11.4. The zero-order valence-electron chi connectivity index (χ0n) is 13.3. The number of fused-ring (bicyclic) bond motifs is 1. The third-order valence-corrected chi connectivity index (χ3v) is 4.61. The largest absolute Gasteiger partial charge is 0.490 e. The van der Waals surface area contributed by atoms with Crippen LogP contribution in [0.15, 0.2) is 59.0 Å². The Kier molecular flexibility index (Phi) is 4.06. The Morgan fingerprint density at radius 3 is 2.57 bits per heavy atom. The molecular formula is C21H22O2. The van der Waals surface area contributed by atoms with E-state index in [4.69, 9.17) is 9.15 Å². The molecule has 0 unspecified atom stereocenters. The fourth-order valence-corrected chi connectivity index (χ4v) is 3.41. The van der Waals surface area contributed by atoms with Crippen LogP contribution in [0.2, 0.25) is 0 Å². The Morgan fingerprint density at radius 2 is 1.74 bits per heavy atom. The molecule has 0 saturated heterocycles. The fraction of sp³-hybridized carbons (Fsp3) is 0.333. The van der Waals surface area contributed by atoms with Gasteiger partial charge >= 0.3 is 0 Å². The molecule has 1 aliphatic rings. The second kappa shape index (κ2) is 6.49. The number of benzene rings is 2. The first kappa shape index (κ1) is 14.4. The summed E-state index contributed by atoms with van der Waals surface area (Å²) in [6.45, 7) is 0. The van der Waals surface area contributed by atoms with E-state index in [0.29, 0.717) is 6.10 Å². The molecule has 0 spiro atoms. The van der Waals surface area contributed by atoms with Crippen LogP contribution in [0.25, 0.3) is 11.0 Å². The summed E-state index contributed by atoms with van der Waals surface area (Å²) in [6.07, 6.45) is 7.51. The Balaban J connectivity index is 1.52. The molecule has 2 nitrogen and oxygen atoms in total. The molecule has 2 heteroatoms. The lowest BCUT2D eigenvalue weighted by Crippen LogP contribution is -2.19. The lowest BCUT2D eigenvalue weighted by molar-refractivity contribution is 0.155. The Labute approximate surface area is 137 Å². The lowest BCUT2D eigenvalue weighted by atomic mass is 9.98. The maximum absolute atomic E-state index is 6.15. The summed E-state index contributed by atoms with van der Waals surface area (Å²) in [5.41, 5.74) is 2.21. The van der Waals surface area contributed by atoms with E-state index in [1.807, 2.05) is 18.2 Å². The van der Waals surface area contributed by atoms with Crippen LogP contribution >= 0.6 is 0 Å². The van der Waals surface area contributed by atoms with Crippen LogP contribution in [-0.4, -0.2) is 6.10 Å². The minimum absolute atomic E-state index is 0.386. The van der Waals surface area contributed by atoms with Crippen molar-refractivity contribution in [2.24, 2.45) is 0 Å². The Bertz CT molecular complexity index is 767. The minimum atomic E-state index is 0.386. The van der Waals surface area contributed by atoms with E-state index < -0.39 is 0 Å². The summed E-state index contributed by atoms with van der Waals surface area (Å²) in [7, 11) is 0. The van der Waals surface area contributed by atoms with Crippen molar-refractivity contribution in [3.63, 3.8) is 0 Å². The van der Waals surface area contributed by atoms with E-state index in [0.717, 1.165) is 28.9 Å². The summed E-state index contributed by atoms with van der Waals surface area (Å²) in [5, 5.41) is 1.13. The van der Waals surface area contributed by atoms with Crippen molar-refractivity contribution in [3.05, 3.63) is 65.9 Å². The smallest absolute Gasteiger partial charge is 0.134 e. The molecule has 0 radical (unpaired) electrons. The van der Waals surface area contributed by atoms with Gasteiger partial charge in [-0.1, -0.05) is 36.8 Å². The van der Waals surface area contributed by atoms with Gasteiger partial charge in [-0.3, -0.25) is 0 Å². The average molecular weight is 306 g/mol. The van der Waals surface area contributed by atoms with Crippen LogP contribution in [0.3, 0.4) is 0 Å². The van der Waals surface area contributed by atoms with E-state index in [1.165, 1.54) is 37.7 Å². The summed E-state index contributed by atoms with van der Waals surface area (Å²) >= 11 is 0. The normalized spacial score (nSPS) is 15.8. The number of furan rings is 1. The van der Waals surface area contributed by atoms with Gasteiger partial charge in [-0.2, -0.15) is 0 Å². The number of ether oxygens (including phenoxy) is 1. The summed E-state index contributed by atoms with van der Waals surface area (Å²) in [4.78, 5) is 0. The zero-order valence-corrected chi connectivity index (χ0v) is 13.3. The molecule has 0 atom stereocenters. The standard InChI is InChI=1S/C21H22O2/c1-3-7-16(8-4-1)13-20-15-17-14-19(11-12-21(17)23-20)22-18-9-5-2-6-10-18/h1,3-4,7-8,11-12,14-15,18H,2,5-6,9-10,13H2. The van der Waals surface area contributed by atoms with E-state index in [1.54, 1.807) is 0 Å². The van der Waals surface area contributed by atoms with E-state index >= 15 is 0 Å². The van der Waals surface area contributed by atoms with Gasteiger partial charge in [0.05, 0.1) is 6.10 Å². The van der Waals surface area contributed by atoms with Crippen molar-refractivity contribution < 1.29 is 9.15 Å². The van der Waals surface area contributed by atoms with Gasteiger partial charge in [0.25, 0.3) is 0 Å². The molecule has 1 heterocycles. The summed E-state index contributed by atoms with van der Waals surface area (Å²) < 4.78 is 12.1. The molecule has 2 aromatic carbocycles. The van der Waals surface area contributed by atoms with Gasteiger partial charge in [0.1, 0.15) is 17.1 Å². The third-order valence-electron chi connectivity index (χ3n) is 4.61. The molecule has 3 aromatic rings. The van der Waals surface area contributed by atoms with Gasteiger partial charge in [-0.25, -0.2) is 0 Å². The second-order valence-electron chi connectivity index (χ2n) is 6.45. The number of rotatable bonds is 4. The quantitative estimate of drug-likeness (QED) is 0.613. The van der Waals surface area contributed by atoms with Crippen LogP contribution < -0.4 is 4.74 Å². The van der Waals surface area contributed by atoms with Crippen molar-refractivity contribution >= 4 is 11.0 Å². The van der Waals surface area contributed by atoms with E-state index in [-0.39, 0.29) is 0 Å². The molecule has 0 aliphatic heterocycles. The Morgan fingerprint density at radius 1 is 0.913 bits per heavy atom. The van der Waals surface area contributed by atoms with Crippen molar-refractivity contribution in [3.8, 4) is 5.75 Å². The molecule has 0 N–H and O–H groups in total. The van der Waals surface area contributed by atoms with Crippen molar-refractivity contribution in [1.29, 1.82) is 0 Å². The molecule has 0 bridgehead atoms. The fourth-order valence-electron chi connectivity index (χ4n) is 3.41. The molecule has 23 heavy (non-hydrogen) atoms. The maximum atomic E-state index is 6.15. The first-order valence-corrected chi connectivity index (χ1v) is 8.60. The molecule has 0 amide bonds. The van der Waals surface area contributed by atoms with Crippen LogP contribution in [0.5, 0.6) is 5.75 Å². The zero-order chi connectivity index (χ0) is 15.5. The molecule has 4 rings (SSSR count). The molecular weight excluding hydrogens is 284 g/mol. The number of hydrogen-bond acceptors (Lipinski definition) is 2. The highest BCUT2D eigenvalue weighted by molar-refractivity contribution is 5.79. The van der Waals surface area contributed by atoms with E-state index in [2.05, 4.69) is 36.4 Å². The first-order valence-electron chi connectivity index (χ1n) is 8.60. The SMILES string of the molecule is c1ccc(Cc2cc3cc(OC4CCCCC4)ccc3o2)cc1. The van der Waals surface area contributed by atoms with Gasteiger partial charge in [0, 0.05) is 11.8 Å². The molecule has 1 fully saturated rings. The maximum Gasteiger partial charge on any atom is 0.134 e. The van der Waals surface area contributed by atoms with Crippen LogP contribution in [0, 0.1) is 0 Å². The Hall–Kier alpha value is -2.22. The predicted molar refractivity (Wildman–Crippen MR) is 93.0 cm³/mol. The predicted octanol–water partition coefficient (Wildman–Crippen LogP) is 5.74. The number of hydrogen-bond donors (Lipinski definition) is 0. The van der Waals surface area contributed by atoms with Gasteiger partial charge in [0.15, 0.2) is 0 Å². The second-order valence-corrected chi connectivity index (χ2v) is 6.45. The molecule has 1 aromatic heterocycles. The monoisotopic (exact) mass is 306 g/mol. The van der Waals surface area contributed by atoms with Gasteiger partial charge in [0.2, 0.25) is 0 Å². The molecule has 1 aliphatic carbocycles. The van der Waals surface area contributed by atoms with Gasteiger partial charge < -0.3 is 9.15 Å². The van der Waals surface area contributed by atoms with Gasteiger partial charge in [-0.15, -0.1) is 0 Å². The summed E-state index contributed by atoms with van der Waals surface area (Å²) in [6, 6.07) is 18.7. The van der Waals surface area contributed by atoms with Crippen LogP contribution in [0.1, 0.15) is 43.4 Å². The molecule has 118 valence electrons. The van der Waals surface area contributed by atoms with Crippen molar-refractivity contribution in [2.75, 3.05) is 0 Å². The highest BCUT2D eigenvalue weighted by atomic mass is 16.5. The van der Waals surface area contributed by atoms with Crippen LogP contribution in [0.4, 0.5) is 0 Å². The van der Waals surface area contributed by atoms with E-state index in [9.17, 15) is 0 Å². The highest BCUT2D eigenvalue weighted by Gasteiger charge is 2.15. The third kappa shape index (κ3) is 3.42. The lowest BCUT2D eigenvalue weighted by Gasteiger charge is -2.22. The molecule has 1 saturated carbocycles. The summed E-state index contributed by atoms with van der Waals surface area (Å²) in [5.74, 6) is 1.97. The minimum Gasteiger partial charge on any atom is -0.490 e. The van der Waals surface area contributed by atoms with Crippen LogP contribution in [-0.2, 0) is 6.42 Å². The van der Waals surface area contributed by atoms with Crippen molar-refractivity contribution in [2.45, 2.75) is 44.6 Å². The van der Waals surface area contributed by atoms with Crippen molar-refractivity contribution in [1.82, 2.24) is 0 Å². The highest BCUT2D eigenvalue weighted by Crippen LogP contribution is 2.28. The van der Waals surface area contributed by atoms with Gasteiger partial charge in [-0.05, 0) is 55.5 Å². The topological polar surface area (TPSA) is 22.4 Å². The average Bonchev–Trinajstić information content (AvgIpc) is 2.98.